The summed E-state index contributed by atoms with van der Waals surface area (Å²) in [5.41, 5.74) is -6.92. The van der Waals surface area contributed by atoms with Crippen LogP contribution >= 0.6 is 0 Å². The fraction of sp³-hybridized carbons (Fsp3) is 0.304. The van der Waals surface area contributed by atoms with Gasteiger partial charge in [0.05, 0.1) is 43.7 Å². The Labute approximate surface area is 485 Å². The lowest BCUT2D eigenvalue weighted by Gasteiger charge is -2.43. The van der Waals surface area contributed by atoms with E-state index in [2.05, 4.69) is 0 Å². The maximum Gasteiger partial charge on any atom is 0.342 e. The highest BCUT2D eigenvalue weighted by molar-refractivity contribution is 6.08. The number of aromatic hydroxyl groups is 16. The lowest BCUT2D eigenvalue weighted by Crippen LogP contribution is -2.57. The van der Waals surface area contributed by atoms with E-state index >= 15 is 0 Å². The van der Waals surface area contributed by atoms with Gasteiger partial charge >= 0.3 is 17.9 Å². The van der Waals surface area contributed by atoms with E-state index in [0.717, 1.165) is 18.2 Å². The van der Waals surface area contributed by atoms with Crippen molar-refractivity contribution in [2.75, 3.05) is 13.2 Å². The number of phenols is 16. The standard InChI is InChI=1S/C56H50O31/c1-14-46-28-12-78-9-16-3-22(57)34(61)40(67)30(16)31-17(10-79-46)5-26(38(65)41(31)68)82-50-18(4-23(58)36(63)44(50)71)11-80-48-15(2)47-29(85-55(48)76)13-81-52(73)20-8-27(39(66)43(70)33(20)32-19(53(74)86-47)6-24(59)35(62)42(32)69)83-51-21(7-25(60)37(64)45(51)72)54(75)87-49(14)56(77)84-28/h3-8,14-15,28-29,46-49,55-72,76-77H,9-13H2,1-2H3/t14-,15+,28?,29+,46-,47?,48+,49?,55?,56?/m0/s1. The van der Waals surface area contributed by atoms with Gasteiger partial charge in [0.15, 0.2) is 87.7 Å². The zero-order valence-corrected chi connectivity index (χ0v) is 44.6. The maximum atomic E-state index is 14.5. The highest BCUT2D eigenvalue weighted by Crippen LogP contribution is 2.58. The van der Waals surface area contributed by atoms with Crippen molar-refractivity contribution in [1.82, 2.24) is 0 Å². The molecule has 6 aliphatic heterocycles. The van der Waals surface area contributed by atoms with Gasteiger partial charge in [-0.2, -0.15) is 0 Å². The van der Waals surface area contributed by atoms with Gasteiger partial charge in [-0.05, 0) is 35.4 Å². The third-order valence-corrected chi connectivity index (χ3v) is 15.5. The molecule has 6 aliphatic rings. The third kappa shape index (κ3) is 9.67. The summed E-state index contributed by atoms with van der Waals surface area (Å²) < 4.78 is 58.9. The molecular formula is C56H50O31. The van der Waals surface area contributed by atoms with Crippen LogP contribution in [0.5, 0.6) is 115 Å². The van der Waals surface area contributed by atoms with Crippen LogP contribution in [0.4, 0.5) is 0 Å². The van der Waals surface area contributed by atoms with Crippen LogP contribution < -0.4 is 9.47 Å². The molecule has 460 valence electrons. The van der Waals surface area contributed by atoms with Crippen LogP contribution in [0.3, 0.4) is 0 Å². The summed E-state index contributed by atoms with van der Waals surface area (Å²) in [6, 6.07) is 4.26. The van der Waals surface area contributed by atoms with Crippen molar-refractivity contribution in [3.05, 3.63) is 69.8 Å². The Morgan fingerprint density at radius 2 is 0.805 bits per heavy atom. The summed E-state index contributed by atoms with van der Waals surface area (Å²) in [5.74, 6) is -31.1. The molecule has 12 rings (SSSR count). The molecule has 31 nitrogen and oxygen atoms in total. The minimum absolute atomic E-state index is 0.162. The van der Waals surface area contributed by atoms with Gasteiger partial charge in [0.1, 0.15) is 36.6 Å². The molecule has 18 N–H and O–H groups in total. The van der Waals surface area contributed by atoms with Crippen molar-refractivity contribution in [3.63, 3.8) is 0 Å². The minimum atomic E-state index is -2.12. The van der Waals surface area contributed by atoms with Crippen molar-refractivity contribution < 1.29 is 154 Å². The Hall–Kier alpha value is -10.1. The highest BCUT2D eigenvalue weighted by atomic mass is 16.7. The Balaban J connectivity index is 1.11. The number of aliphatic hydroxyl groups excluding tert-OH is 2. The molecule has 0 saturated carbocycles. The first-order valence-corrected chi connectivity index (χ1v) is 25.9. The molecule has 2 fully saturated rings. The van der Waals surface area contributed by atoms with E-state index < -0.39 is 271 Å². The summed E-state index contributed by atoms with van der Waals surface area (Å²) >= 11 is 0. The van der Waals surface area contributed by atoms with E-state index in [-0.39, 0.29) is 11.1 Å². The van der Waals surface area contributed by atoms with Gasteiger partial charge < -0.3 is 139 Å². The average molecular weight is 1220 g/mol. The smallest absolute Gasteiger partial charge is 0.342 e. The molecule has 10 atom stereocenters. The molecule has 0 aromatic heterocycles. The normalized spacial score (nSPS) is 24.7. The van der Waals surface area contributed by atoms with E-state index in [0.29, 0.717) is 18.2 Å². The first-order valence-electron chi connectivity index (χ1n) is 25.9. The van der Waals surface area contributed by atoms with E-state index in [9.17, 15) is 106 Å². The van der Waals surface area contributed by atoms with Crippen LogP contribution in [0.15, 0.2) is 36.4 Å². The Morgan fingerprint density at radius 3 is 1.45 bits per heavy atom. The summed E-state index contributed by atoms with van der Waals surface area (Å²) in [6.45, 7) is -1.08. The number of benzene rings is 6. The van der Waals surface area contributed by atoms with Gasteiger partial charge in [-0.3, -0.25) is 0 Å². The number of ether oxygens (including phenoxy) is 10. The minimum Gasteiger partial charge on any atom is -0.504 e. The second-order valence-electron chi connectivity index (χ2n) is 20.8. The quantitative estimate of drug-likeness (QED) is 0.0583. The molecule has 31 heteroatoms. The number of hydrogen-bond acceptors (Lipinski definition) is 31. The first-order chi connectivity index (χ1) is 41.2. The predicted molar refractivity (Wildman–Crippen MR) is 279 cm³/mol. The van der Waals surface area contributed by atoms with Crippen LogP contribution in [-0.2, 0) is 57.7 Å². The van der Waals surface area contributed by atoms with Crippen LogP contribution in [-0.4, -0.2) is 172 Å². The molecule has 0 amide bonds. The molecule has 0 aliphatic carbocycles. The SMILES string of the molecule is C[C@@H]1C2OC(=O)c3cc(O)c(O)c(O)c3Oc3cc4c(c(O)c3O)-c3c(cc(O)c(O)c3O)C(=O)OC3[C@@H](C)[C@@H](OCc5cc(O)c(O)c(O)c5Oc5cc6c(c(O)c5O)-c5c(cc(O)c(O)c5O)COCC(OC2O)[C@H]1OC6)C(O)O[C@@H]3COC4=O. The molecule has 2 saturated heterocycles. The highest BCUT2D eigenvalue weighted by Gasteiger charge is 2.50. The van der Waals surface area contributed by atoms with Crippen molar-refractivity contribution in [2.24, 2.45) is 11.8 Å². The van der Waals surface area contributed by atoms with Gasteiger partial charge in [0.25, 0.3) is 0 Å². The number of esters is 3. The fourth-order valence-electron chi connectivity index (χ4n) is 11.0. The van der Waals surface area contributed by atoms with Crippen LogP contribution in [0, 0.1) is 11.8 Å². The summed E-state index contributed by atoms with van der Waals surface area (Å²) in [4.78, 5) is 43.5. The van der Waals surface area contributed by atoms with Gasteiger partial charge in [0, 0.05) is 51.8 Å². The van der Waals surface area contributed by atoms with Crippen LogP contribution in [0.2, 0.25) is 0 Å². The van der Waals surface area contributed by atoms with Gasteiger partial charge in [-0.25, -0.2) is 14.4 Å². The van der Waals surface area contributed by atoms with Gasteiger partial charge in [0.2, 0.25) is 46.0 Å². The predicted octanol–water partition coefficient (Wildman–Crippen LogP) is 3.84. The van der Waals surface area contributed by atoms with Gasteiger partial charge in [-0.1, -0.05) is 13.8 Å². The number of carbonyl (C=O) groups is 3. The second-order valence-corrected chi connectivity index (χ2v) is 20.8. The third-order valence-electron chi connectivity index (χ3n) is 15.5. The number of aliphatic hydroxyl groups is 2. The van der Waals surface area contributed by atoms with E-state index in [1.807, 2.05) is 0 Å². The van der Waals surface area contributed by atoms with E-state index in [4.69, 9.17) is 47.4 Å². The molecule has 0 radical (unpaired) electrons. The number of rotatable bonds is 0. The number of hydrogen-bond donors (Lipinski definition) is 18. The lowest BCUT2D eigenvalue weighted by molar-refractivity contribution is -0.282. The molecule has 5 unspecified atom stereocenters. The average Bonchev–Trinajstić information content (AvgIpc) is 2.05. The van der Waals surface area contributed by atoms with Crippen LogP contribution in [0.1, 0.15) is 61.6 Å². The van der Waals surface area contributed by atoms with E-state index in [1.165, 1.54) is 13.8 Å². The molecule has 9 bridgehead atoms. The van der Waals surface area contributed by atoms with Crippen molar-refractivity contribution in [3.8, 4) is 137 Å². The topological polar surface area (TPSA) is 508 Å². The summed E-state index contributed by atoms with van der Waals surface area (Å²) in [5, 5.41) is 202. The monoisotopic (exact) mass is 1220 g/mol. The zero-order valence-electron chi connectivity index (χ0n) is 44.6. The number of fused-ring (bicyclic) bond motifs is 7. The number of carbonyl (C=O) groups excluding carboxylic acids is 3. The van der Waals surface area contributed by atoms with Crippen molar-refractivity contribution in [1.29, 1.82) is 0 Å². The molecule has 6 heterocycles. The van der Waals surface area contributed by atoms with Gasteiger partial charge in [-0.15, -0.1) is 0 Å². The zero-order chi connectivity index (χ0) is 62.7. The summed E-state index contributed by atoms with van der Waals surface area (Å²) in [7, 11) is 0. The number of phenolic OH excluding ortho intramolecular Hbond substituents is 16. The van der Waals surface area contributed by atoms with Crippen LogP contribution in [0.25, 0.3) is 22.3 Å². The molecule has 0 spiro atoms. The lowest BCUT2D eigenvalue weighted by atomic mass is 9.90. The Kier molecular flexibility index (Phi) is 14.6. The molecule has 6 aromatic rings. The molecular weight excluding hydrogens is 1170 g/mol. The maximum absolute atomic E-state index is 14.5. The van der Waals surface area contributed by atoms with E-state index in [1.54, 1.807) is 0 Å². The fourth-order valence-corrected chi connectivity index (χ4v) is 11.0. The Morgan fingerprint density at radius 1 is 0.379 bits per heavy atom. The molecule has 6 aromatic carbocycles. The van der Waals surface area contributed by atoms with Crippen molar-refractivity contribution in [2.45, 2.75) is 82.9 Å². The Bertz CT molecular complexity index is 3880. The van der Waals surface area contributed by atoms with Crippen molar-refractivity contribution >= 4 is 17.9 Å². The largest absolute Gasteiger partial charge is 0.504 e. The molecule has 87 heavy (non-hydrogen) atoms. The summed E-state index contributed by atoms with van der Waals surface area (Å²) in [6.07, 6.45) is -14.0. The second kappa shape index (κ2) is 21.7. The first kappa shape index (κ1) is 58.6.